The van der Waals surface area contributed by atoms with Crippen molar-refractivity contribution >= 4 is 16.9 Å². The van der Waals surface area contributed by atoms with Gasteiger partial charge in [0.2, 0.25) is 0 Å². The lowest BCUT2D eigenvalue weighted by atomic mass is 10.2. The van der Waals surface area contributed by atoms with Crippen LogP contribution in [0.5, 0.6) is 17.2 Å². The quantitative estimate of drug-likeness (QED) is 0.433. The first-order valence-corrected chi connectivity index (χ1v) is 10.3. The Morgan fingerprint density at radius 3 is 2.38 bits per heavy atom. The zero-order valence-corrected chi connectivity index (χ0v) is 18.1. The molecular formula is C25H25N3O4. The summed E-state index contributed by atoms with van der Waals surface area (Å²) in [5.74, 6) is 2.68. The topological polar surface area (TPSA) is 74.6 Å². The maximum Gasteiger partial charge on any atom is 0.251 e. The van der Waals surface area contributed by atoms with Crippen LogP contribution in [-0.2, 0) is 13.1 Å². The summed E-state index contributed by atoms with van der Waals surface area (Å²) in [6.45, 7) is 1.31. The standard InChI is InChI=1S/C25H25N3O4/c1-30-19-13-11-18(12-14-19)25(29)26-17-24-27-20-7-3-4-8-21(20)28(24)15-16-32-23-10-6-5-9-22(23)31-2/h3-14H,15-17H2,1-2H3,(H,26,29). The van der Waals surface area contributed by atoms with Crippen molar-refractivity contribution in [2.45, 2.75) is 13.1 Å². The number of rotatable bonds is 9. The molecule has 0 saturated heterocycles. The van der Waals surface area contributed by atoms with E-state index in [2.05, 4.69) is 9.88 Å². The van der Waals surface area contributed by atoms with Crippen molar-refractivity contribution in [2.75, 3.05) is 20.8 Å². The number of ether oxygens (including phenoxy) is 3. The largest absolute Gasteiger partial charge is 0.497 e. The number of carbonyl (C=O) groups is 1. The third-order valence-electron chi connectivity index (χ3n) is 5.13. The summed E-state index contributed by atoms with van der Waals surface area (Å²) in [5, 5.41) is 2.96. The van der Waals surface area contributed by atoms with Crippen LogP contribution in [0.25, 0.3) is 11.0 Å². The fourth-order valence-corrected chi connectivity index (χ4v) is 3.50. The van der Waals surface area contributed by atoms with E-state index in [4.69, 9.17) is 19.2 Å². The highest BCUT2D eigenvalue weighted by atomic mass is 16.5. The van der Waals surface area contributed by atoms with Gasteiger partial charge in [-0.15, -0.1) is 0 Å². The van der Waals surface area contributed by atoms with Crippen molar-refractivity contribution in [3.63, 3.8) is 0 Å². The number of amides is 1. The fourth-order valence-electron chi connectivity index (χ4n) is 3.50. The molecule has 0 aliphatic carbocycles. The van der Waals surface area contributed by atoms with Gasteiger partial charge in [-0.3, -0.25) is 4.79 Å². The molecule has 0 saturated carbocycles. The molecule has 1 heterocycles. The summed E-state index contributed by atoms with van der Waals surface area (Å²) in [7, 11) is 3.21. The molecule has 1 amide bonds. The van der Waals surface area contributed by atoms with Crippen molar-refractivity contribution in [3.05, 3.63) is 84.2 Å². The molecule has 4 aromatic rings. The molecular weight excluding hydrogens is 406 g/mol. The van der Waals surface area contributed by atoms with Crippen molar-refractivity contribution in [3.8, 4) is 17.2 Å². The first-order chi connectivity index (χ1) is 15.7. The van der Waals surface area contributed by atoms with E-state index in [0.29, 0.717) is 42.5 Å². The Morgan fingerprint density at radius 1 is 0.906 bits per heavy atom. The number of nitrogens with one attached hydrogen (secondary N) is 1. The number of hydrogen-bond acceptors (Lipinski definition) is 5. The number of carbonyl (C=O) groups excluding carboxylic acids is 1. The molecule has 7 heteroatoms. The van der Waals surface area contributed by atoms with Crippen LogP contribution < -0.4 is 19.5 Å². The Bertz CT molecular complexity index is 1200. The lowest BCUT2D eigenvalue weighted by Gasteiger charge is -2.13. The molecule has 1 N–H and O–H groups in total. The molecule has 0 radical (unpaired) electrons. The molecule has 32 heavy (non-hydrogen) atoms. The second-order valence-corrected chi connectivity index (χ2v) is 7.08. The number of fused-ring (bicyclic) bond motifs is 1. The molecule has 0 unspecified atom stereocenters. The summed E-state index contributed by atoms with van der Waals surface area (Å²) < 4.78 is 18.5. The second-order valence-electron chi connectivity index (χ2n) is 7.08. The van der Waals surface area contributed by atoms with Gasteiger partial charge in [0.15, 0.2) is 11.5 Å². The van der Waals surface area contributed by atoms with Crippen LogP contribution >= 0.6 is 0 Å². The smallest absolute Gasteiger partial charge is 0.251 e. The van der Waals surface area contributed by atoms with Gasteiger partial charge in [-0.1, -0.05) is 24.3 Å². The van der Waals surface area contributed by atoms with E-state index in [0.717, 1.165) is 16.9 Å². The zero-order chi connectivity index (χ0) is 22.3. The molecule has 0 aliphatic rings. The molecule has 1 aromatic heterocycles. The van der Waals surface area contributed by atoms with Crippen molar-refractivity contribution in [2.24, 2.45) is 0 Å². The molecule has 0 spiro atoms. The van der Waals surface area contributed by atoms with Gasteiger partial charge in [0, 0.05) is 5.56 Å². The van der Waals surface area contributed by atoms with Gasteiger partial charge in [-0.05, 0) is 48.5 Å². The highest BCUT2D eigenvalue weighted by Crippen LogP contribution is 2.26. The number of benzene rings is 3. The number of hydrogen-bond donors (Lipinski definition) is 1. The third kappa shape index (κ3) is 4.67. The van der Waals surface area contributed by atoms with E-state index in [1.165, 1.54) is 0 Å². The summed E-state index contributed by atoms with van der Waals surface area (Å²) >= 11 is 0. The van der Waals surface area contributed by atoms with Crippen molar-refractivity contribution in [1.29, 1.82) is 0 Å². The van der Waals surface area contributed by atoms with Crippen molar-refractivity contribution in [1.82, 2.24) is 14.9 Å². The van der Waals surface area contributed by atoms with Crippen molar-refractivity contribution < 1.29 is 19.0 Å². The minimum atomic E-state index is -0.170. The first-order valence-electron chi connectivity index (χ1n) is 10.3. The second kappa shape index (κ2) is 9.87. The number of methoxy groups -OCH3 is 2. The summed E-state index contributed by atoms with van der Waals surface area (Å²) in [6, 6.07) is 22.4. The molecule has 164 valence electrons. The minimum absolute atomic E-state index is 0.170. The molecule has 0 aliphatic heterocycles. The highest BCUT2D eigenvalue weighted by Gasteiger charge is 2.13. The van der Waals surface area contributed by atoms with Crippen LogP contribution in [0.15, 0.2) is 72.8 Å². The SMILES string of the molecule is COc1ccc(C(=O)NCc2nc3ccccc3n2CCOc2ccccc2OC)cc1. The zero-order valence-electron chi connectivity index (χ0n) is 18.1. The van der Waals surface area contributed by atoms with Crippen LogP contribution in [0.2, 0.25) is 0 Å². The summed E-state index contributed by atoms with van der Waals surface area (Å²) in [4.78, 5) is 17.3. The maximum atomic E-state index is 12.6. The predicted octanol–water partition coefficient (Wildman–Crippen LogP) is 4.06. The van der Waals surface area contributed by atoms with E-state index < -0.39 is 0 Å². The average Bonchev–Trinajstić information content (AvgIpc) is 3.20. The number of nitrogens with zero attached hydrogens (tertiary/aromatic N) is 2. The molecule has 3 aromatic carbocycles. The van der Waals surface area contributed by atoms with Gasteiger partial charge in [-0.2, -0.15) is 0 Å². The third-order valence-corrected chi connectivity index (χ3v) is 5.13. The number of aromatic nitrogens is 2. The van der Waals surface area contributed by atoms with E-state index in [1.54, 1.807) is 38.5 Å². The van der Waals surface area contributed by atoms with E-state index >= 15 is 0 Å². The minimum Gasteiger partial charge on any atom is -0.497 e. The lowest BCUT2D eigenvalue weighted by molar-refractivity contribution is 0.0949. The van der Waals surface area contributed by atoms with E-state index in [1.807, 2.05) is 48.5 Å². The van der Waals surface area contributed by atoms with Gasteiger partial charge in [0.1, 0.15) is 18.2 Å². The van der Waals surface area contributed by atoms with Crippen LogP contribution in [0.3, 0.4) is 0 Å². The fraction of sp³-hybridized carbons (Fsp3) is 0.200. The van der Waals surface area contributed by atoms with Gasteiger partial charge in [0.25, 0.3) is 5.91 Å². The lowest BCUT2D eigenvalue weighted by Crippen LogP contribution is -2.25. The summed E-state index contributed by atoms with van der Waals surface area (Å²) in [6.07, 6.45) is 0. The number of para-hydroxylation sites is 4. The molecule has 0 fully saturated rings. The Hall–Kier alpha value is -4.00. The summed E-state index contributed by atoms with van der Waals surface area (Å²) in [5.41, 5.74) is 2.43. The monoisotopic (exact) mass is 431 g/mol. The Morgan fingerprint density at radius 2 is 1.62 bits per heavy atom. The molecule has 7 nitrogen and oxygen atoms in total. The van der Waals surface area contributed by atoms with Crippen LogP contribution in [0.1, 0.15) is 16.2 Å². The number of imidazole rings is 1. The normalized spacial score (nSPS) is 10.7. The molecule has 0 atom stereocenters. The van der Waals surface area contributed by atoms with Crippen LogP contribution in [-0.4, -0.2) is 36.3 Å². The van der Waals surface area contributed by atoms with Gasteiger partial charge >= 0.3 is 0 Å². The van der Waals surface area contributed by atoms with Gasteiger partial charge in [0.05, 0.1) is 38.3 Å². The predicted molar refractivity (Wildman–Crippen MR) is 122 cm³/mol. The molecule has 4 rings (SSSR count). The molecule has 0 bridgehead atoms. The Balaban J connectivity index is 1.47. The highest BCUT2D eigenvalue weighted by molar-refractivity contribution is 5.94. The maximum absolute atomic E-state index is 12.6. The average molecular weight is 431 g/mol. The van der Waals surface area contributed by atoms with Gasteiger partial charge < -0.3 is 24.1 Å². The van der Waals surface area contributed by atoms with Crippen LogP contribution in [0, 0.1) is 0 Å². The van der Waals surface area contributed by atoms with Gasteiger partial charge in [-0.25, -0.2) is 4.98 Å². The Labute approximate surface area is 186 Å². The van der Waals surface area contributed by atoms with E-state index in [-0.39, 0.29) is 5.91 Å². The van der Waals surface area contributed by atoms with E-state index in [9.17, 15) is 4.79 Å². The van der Waals surface area contributed by atoms with Crippen LogP contribution in [0.4, 0.5) is 0 Å². The Kier molecular flexibility index (Phi) is 6.55. The first kappa shape index (κ1) is 21.2.